The van der Waals surface area contributed by atoms with Gasteiger partial charge in [0.2, 0.25) is 0 Å². The molecule has 0 radical (unpaired) electrons. The number of benzene rings is 2. The number of nitrogens with one attached hydrogen (secondary N) is 1. The summed E-state index contributed by atoms with van der Waals surface area (Å²) in [6.45, 7) is 12.1. The van der Waals surface area contributed by atoms with Crippen LogP contribution in [0.15, 0.2) is 36.4 Å². The van der Waals surface area contributed by atoms with Crippen LogP contribution in [0.5, 0.6) is 5.75 Å². The molecule has 2 rings (SSSR count). The minimum absolute atomic E-state index is 0.136. The van der Waals surface area contributed by atoms with E-state index in [-0.39, 0.29) is 5.91 Å². The van der Waals surface area contributed by atoms with E-state index in [0.29, 0.717) is 5.92 Å². The molecule has 0 unspecified atom stereocenters. The van der Waals surface area contributed by atoms with Gasteiger partial charge in [0.25, 0.3) is 5.91 Å². The largest absolute Gasteiger partial charge is 0.481 e. The van der Waals surface area contributed by atoms with Crippen molar-refractivity contribution in [2.45, 2.75) is 53.6 Å². The van der Waals surface area contributed by atoms with E-state index in [1.807, 2.05) is 38.1 Å². The van der Waals surface area contributed by atoms with Crippen molar-refractivity contribution in [2.24, 2.45) is 0 Å². The van der Waals surface area contributed by atoms with Crippen LogP contribution in [0.4, 0.5) is 5.69 Å². The van der Waals surface area contributed by atoms with E-state index in [1.54, 1.807) is 6.92 Å². The highest BCUT2D eigenvalue weighted by Crippen LogP contribution is 2.27. The predicted octanol–water partition coefficient (Wildman–Crippen LogP) is 5.14. The molecule has 0 aliphatic heterocycles. The van der Waals surface area contributed by atoms with Crippen LogP contribution >= 0.6 is 0 Å². The van der Waals surface area contributed by atoms with E-state index in [4.69, 9.17) is 4.74 Å². The van der Waals surface area contributed by atoms with Crippen molar-refractivity contribution in [2.75, 3.05) is 5.32 Å². The van der Waals surface area contributed by atoms with Crippen LogP contribution in [0.1, 0.15) is 48.9 Å². The van der Waals surface area contributed by atoms with Gasteiger partial charge >= 0.3 is 0 Å². The summed E-state index contributed by atoms with van der Waals surface area (Å²) in [5.41, 5.74) is 5.31. The molecule has 1 N–H and O–H groups in total. The van der Waals surface area contributed by atoms with Crippen LogP contribution < -0.4 is 10.1 Å². The van der Waals surface area contributed by atoms with Crippen LogP contribution in [0.2, 0.25) is 0 Å². The average molecular weight is 325 g/mol. The molecule has 1 amide bonds. The summed E-state index contributed by atoms with van der Waals surface area (Å²) < 4.78 is 5.93. The van der Waals surface area contributed by atoms with Crippen molar-refractivity contribution in [1.82, 2.24) is 0 Å². The van der Waals surface area contributed by atoms with Crippen molar-refractivity contribution in [1.29, 1.82) is 0 Å². The summed E-state index contributed by atoms with van der Waals surface area (Å²) in [4.78, 5) is 12.6. The van der Waals surface area contributed by atoms with Crippen molar-refractivity contribution >= 4 is 11.6 Å². The molecule has 2 aromatic rings. The number of carbonyl (C=O) groups excluding carboxylic acids is 1. The van der Waals surface area contributed by atoms with Gasteiger partial charge in [-0.05, 0) is 56.4 Å². The Balaban J connectivity index is 2.14. The Morgan fingerprint density at radius 3 is 2.17 bits per heavy atom. The first-order valence-electron chi connectivity index (χ1n) is 8.44. The highest BCUT2D eigenvalue weighted by atomic mass is 16.5. The standard InChI is InChI=1S/C21H27NO2/c1-13(2)18-9-7-8-10-19(18)24-17(6)21(23)22-20-15(4)11-14(3)12-16(20)5/h7-13,17H,1-6H3,(H,22,23)/t17-/m1/s1. The number of amides is 1. The minimum Gasteiger partial charge on any atom is -0.481 e. The third-order valence-electron chi connectivity index (χ3n) is 4.14. The van der Waals surface area contributed by atoms with Gasteiger partial charge in [-0.1, -0.05) is 49.7 Å². The molecular formula is C21H27NO2. The van der Waals surface area contributed by atoms with Gasteiger partial charge in [-0.15, -0.1) is 0 Å². The SMILES string of the molecule is Cc1cc(C)c(NC(=O)[C@@H](C)Oc2ccccc2C(C)C)c(C)c1. The van der Waals surface area contributed by atoms with Crippen molar-refractivity contribution in [3.05, 3.63) is 58.7 Å². The topological polar surface area (TPSA) is 38.3 Å². The van der Waals surface area contributed by atoms with Crippen LogP contribution in [0.3, 0.4) is 0 Å². The normalized spacial score (nSPS) is 12.1. The molecule has 128 valence electrons. The molecule has 1 atom stereocenters. The van der Waals surface area contributed by atoms with Gasteiger partial charge in [-0.3, -0.25) is 4.79 Å². The quantitative estimate of drug-likeness (QED) is 0.826. The Hall–Kier alpha value is -2.29. The van der Waals surface area contributed by atoms with Gasteiger partial charge < -0.3 is 10.1 Å². The van der Waals surface area contributed by atoms with E-state index in [0.717, 1.165) is 28.1 Å². The smallest absolute Gasteiger partial charge is 0.265 e. The first kappa shape index (κ1) is 18.1. The number of para-hydroxylation sites is 1. The van der Waals surface area contributed by atoms with E-state index in [1.165, 1.54) is 5.56 Å². The maximum Gasteiger partial charge on any atom is 0.265 e. The summed E-state index contributed by atoms with van der Waals surface area (Å²) in [7, 11) is 0. The molecule has 2 aromatic carbocycles. The number of hydrogen-bond donors (Lipinski definition) is 1. The number of ether oxygens (including phenoxy) is 1. The molecule has 0 aliphatic rings. The summed E-state index contributed by atoms with van der Waals surface area (Å²) >= 11 is 0. The number of rotatable bonds is 5. The van der Waals surface area contributed by atoms with Crippen LogP contribution in [-0.2, 0) is 4.79 Å². The first-order valence-corrected chi connectivity index (χ1v) is 8.44. The second-order valence-electron chi connectivity index (χ2n) is 6.72. The van der Waals surface area contributed by atoms with E-state index < -0.39 is 6.10 Å². The number of hydrogen-bond acceptors (Lipinski definition) is 2. The summed E-state index contributed by atoms with van der Waals surface area (Å²) in [5, 5.41) is 3.01. The van der Waals surface area contributed by atoms with Crippen LogP contribution in [0.25, 0.3) is 0 Å². The zero-order valence-electron chi connectivity index (χ0n) is 15.4. The number of aryl methyl sites for hydroxylation is 3. The lowest BCUT2D eigenvalue weighted by Crippen LogP contribution is -2.31. The molecular weight excluding hydrogens is 298 g/mol. The molecule has 0 fully saturated rings. The lowest BCUT2D eigenvalue weighted by molar-refractivity contribution is -0.122. The summed E-state index contributed by atoms with van der Waals surface area (Å²) in [5.74, 6) is 0.981. The van der Waals surface area contributed by atoms with Crippen LogP contribution in [0, 0.1) is 20.8 Å². The fourth-order valence-electron chi connectivity index (χ4n) is 2.91. The highest BCUT2D eigenvalue weighted by molar-refractivity contribution is 5.95. The molecule has 0 spiro atoms. The zero-order valence-corrected chi connectivity index (χ0v) is 15.4. The van der Waals surface area contributed by atoms with Crippen molar-refractivity contribution in [3.63, 3.8) is 0 Å². The Labute approximate surface area is 145 Å². The van der Waals surface area contributed by atoms with Gasteiger partial charge in [0.05, 0.1) is 0 Å². The molecule has 3 nitrogen and oxygen atoms in total. The average Bonchev–Trinajstić information content (AvgIpc) is 2.50. The fourth-order valence-corrected chi connectivity index (χ4v) is 2.91. The summed E-state index contributed by atoms with van der Waals surface area (Å²) in [6.07, 6.45) is -0.565. The Bertz CT molecular complexity index is 711. The van der Waals surface area contributed by atoms with Gasteiger partial charge in [0, 0.05) is 5.69 Å². The molecule has 0 saturated carbocycles. The zero-order chi connectivity index (χ0) is 17.9. The van der Waals surface area contributed by atoms with Crippen LogP contribution in [-0.4, -0.2) is 12.0 Å². The number of carbonyl (C=O) groups is 1. The van der Waals surface area contributed by atoms with Crippen molar-refractivity contribution in [3.8, 4) is 5.75 Å². The van der Waals surface area contributed by atoms with E-state index >= 15 is 0 Å². The fraction of sp³-hybridized carbons (Fsp3) is 0.381. The third-order valence-corrected chi connectivity index (χ3v) is 4.14. The van der Waals surface area contributed by atoms with Gasteiger partial charge in [-0.25, -0.2) is 0 Å². The second-order valence-corrected chi connectivity index (χ2v) is 6.72. The third kappa shape index (κ3) is 4.16. The molecule has 0 aliphatic carbocycles. The van der Waals surface area contributed by atoms with E-state index in [2.05, 4.69) is 38.2 Å². The lowest BCUT2D eigenvalue weighted by atomic mass is 10.0. The Morgan fingerprint density at radius 1 is 1.00 bits per heavy atom. The maximum atomic E-state index is 12.6. The highest BCUT2D eigenvalue weighted by Gasteiger charge is 2.18. The molecule has 24 heavy (non-hydrogen) atoms. The number of anilines is 1. The Morgan fingerprint density at radius 2 is 1.58 bits per heavy atom. The minimum atomic E-state index is -0.565. The van der Waals surface area contributed by atoms with Gasteiger partial charge in [-0.2, -0.15) is 0 Å². The second kappa shape index (κ2) is 7.52. The predicted molar refractivity (Wildman–Crippen MR) is 99.9 cm³/mol. The van der Waals surface area contributed by atoms with Crippen molar-refractivity contribution < 1.29 is 9.53 Å². The molecule has 3 heteroatoms. The molecule has 0 bridgehead atoms. The molecule has 0 aromatic heterocycles. The van der Waals surface area contributed by atoms with E-state index in [9.17, 15) is 4.79 Å². The Kier molecular flexibility index (Phi) is 5.66. The molecule has 0 saturated heterocycles. The first-order chi connectivity index (χ1) is 11.3. The van der Waals surface area contributed by atoms with Gasteiger partial charge in [0.1, 0.15) is 5.75 Å². The lowest BCUT2D eigenvalue weighted by Gasteiger charge is -2.20. The monoisotopic (exact) mass is 325 g/mol. The van der Waals surface area contributed by atoms with Gasteiger partial charge in [0.15, 0.2) is 6.10 Å². The molecule has 0 heterocycles. The summed E-state index contributed by atoms with van der Waals surface area (Å²) in [6, 6.07) is 12.0. The maximum absolute atomic E-state index is 12.6.